The van der Waals surface area contributed by atoms with Gasteiger partial charge < -0.3 is 10.6 Å². The highest BCUT2D eigenvalue weighted by molar-refractivity contribution is 7.92. The number of halogens is 3. The number of aromatic nitrogens is 3. The molecule has 0 fully saturated rings. The van der Waals surface area contributed by atoms with Crippen molar-refractivity contribution in [2.24, 2.45) is 0 Å². The summed E-state index contributed by atoms with van der Waals surface area (Å²) in [6.07, 6.45) is -2.73. The molecule has 0 aliphatic rings. The topological polar surface area (TPSA) is 133 Å². The molecule has 0 saturated heterocycles. The van der Waals surface area contributed by atoms with Crippen LogP contribution in [-0.4, -0.2) is 29.1 Å². The minimum Gasteiger partial charge on any atom is -0.365 e. The number of nitriles is 1. The SMILES string of the molecule is CCS(=O)(=O)Nc1ncccc1CNc1nc(Nc2cc(C#N)ccc2C)ncc1C(F)(F)F. The van der Waals surface area contributed by atoms with Crippen molar-refractivity contribution in [2.75, 3.05) is 21.1 Å². The number of hydrogen-bond acceptors (Lipinski definition) is 8. The van der Waals surface area contributed by atoms with Gasteiger partial charge in [-0.05, 0) is 37.6 Å². The Bertz CT molecular complexity index is 1340. The minimum atomic E-state index is -4.74. The van der Waals surface area contributed by atoms with Gasteiger partial charge in [0.2, 0.25) is 16.0 Å². The predicted octanol–water partition coefficient (Wildman–Crippen LogP) is 4.19. The van der Waals surface area contributed by atoms with E-state index in [1.165, 1.54) is 31.3 Å². The summed E-state index contributed by atoms with van der Waals surface area (Å²) in [5.41, 5.74) is 0.781. The number of sulfonamides is 1. The highest BCUT2D eigenvalue weighted by atomic mass is 32.2. The zero-order chi connectivity index (χ0) is 24.9. The van der Waals surface area contributed by atoms with E-state index in [4.69, 9.17) is 5.26 Å². The molecule has 0 aliphatic heterocycles. The lowest BCUT2D eigenvalue weighted by molar-refractivity contribution is -0.137. The van der Waals surface area contributed by atoms with Crippen LogP contribution < -0.4 is 15.4 Å². The molecule has 0 spiro atoms. The molecule has 3 rings (SSSR count). The van der Waals surface area contributed by atoms with Gasteiger partial charge in [0.25, 0.3) is 0 Å². The van der Waals surface area contributed by atoms with Crippen LogP contribution in [0, 0.1) is 18.3 Å². The largest absolute Gasteiger partial charge is 0.421 e. The summed E-state index contributed by atoms with van der Waals surface area (Å²) in [5, 5.41) is 14.5. The van der Waals surface area contributed by atoms with Crippen LogP contribution >= 0.6 is 0 Å². The van der Waals surface area contributed by atoms with Crippen LogP contribution in [0.4, 0.5) is 36.4 Å². The number of hydrogen-bond donors (Lipinski definition) is 3. The van der Waals surface area contributed by atoms with Crippen LogP contribution in [0.15, 0.2) is 42.7 Å². The smallest absolute Gasteiger partial charge is 0.365 e. The molecule has 178 valence electrons. The van der Waals surface area contributed by atoms with E-state index in [2.05, 4.69) is 30.3 Å². The lowest BCUT2D eigenvalue weighted by Crippen LogP contribution is -2.18. The molecule has 0 unspecified atom stereocenters. The minimum absolute atomic E-state index is 0.00163. The number of rotatable bonds is 8. The molecule has 1 aromatic carbocycles. The van der Waals surface area contributed by atoms with E-state index in [0.717, 1.165) is 5.56 Å². The van der Waals surface area contributed by atoms with Gasteiger partial charge in [-0.15, -0.1) is 0 Å². The van der Waals surface area contributed by atoms with Gasteiger partial charge in [-0.2, -0.15) is 23.4 Å². The predicted molar refractivity (Wildman–Crippen MR) is 121 cm³/mol. The fraction of sp³-hybridized carbons (Fsp3) is 0.238. The first-order chi connectivity index (χ1) is 16.0. The van der Waals surface area contributed by atoms with Crippen molar-refractivity contribution in [1.29, 1.82) is 5.26 Å². The third-order valence-electron chi connectivity index (χ3n) is 4.68. The number of pyridine rings is 1. The zero-order valence-electron chi connectivity index (χ0n) is 18.1. The summed E-state index contributed by atoms with van der Waals surface area (Å²) >= 11 is 0. The maximum Gasteiger partial charge on any atom is 0.421 e. The highest BCUT2D eigenvalue weighted by Gasteiger charge is 2.35. The van der Waals surface area contributed by atoms with E-state index in [1.54, 1.807) is 19.1 Å². The van der Waals surface area contributed by atoms with E-state index in [0.29, 0.717) is 23.0 Å². The maximum absolute atomic E-state index is 13.6. The van der Waals surface area contributed by atoms with Crippen LogP contribution in [-0.2, 0) is 22.7 Å². The molecule has 9 nitrogen and oxygen atoms in total. The fourth-order valence-corrected chi connectivity index (χ4v) is 3.43. The Hall–Kier alpha value is -3.92. The Labute approximate surface area is 194 Å². The standard InChI is InChI=1S/C21H20F3N7O2S/c1-3-34(32,33)31-18-15(5-4-8-26-18)11-27-19-16(21(22,23)24)12-28-20(30-19)29-17-9-14(10-25)7-6-13(17)2/h4-9,12H,3,11H2,1-2H3,(H,26,31)(H2,27,28,29,30). The summed E-state index contributed by atoms with van der Waals surface area (Å²) in [6.45, 7) is 3.01. The molecule has 13 heteroatoms. The Morgan fingerprint density at radius 2 is 1.91 bits per heavy atom. The summed E-state index contributed by atoms with van der Waals surface area (Å²) in [4.78, 5) is 11.7. The lowest BCUT2D eigenvalue weighted by atomic mass is 10.1. The van der Waals surface area contributed by atoms with Crippen molar-refractivity contribution >= 4 is 33.3 Å². The Balaban J connectivity index is 1.92. The van der Waals surface area contributed by atoms with Crippen molar-refractivity contribution in [3.8, 4) is 6.07 Å². The molecular formula is C21H20F3N7O2S. The highest BCUT2D eigenvalue weighted by Crippen LogP contribution is 2.34. The van der Waals surface area contributed by atoms with Crippen LogP contribution in [0.5, 0.6) is 0 Å². The summed E-state index contributed by atoms with van der Waals surface area (Å²) < 4.78 is 66.8. The first kappa shape index (κ1) is 24.7. The van der Waals surface area contributed by atoms with Gasteiger partial charge in [0.05, 0.1) is 17.4 Å². The number of aryl methyl sites for hydroxylation is 1. The monoisotopic (exact) mass is 491 g/mol. The molecule has 34 heavy (non-hydrogen) atoms. The van der Waals surface area contributed by atoms with Gasteiger partial charge in [0.15, 0.2) is 0 Å². The molecule has 0 bridgehead atoms. The van der Waals surface area contributed by atoms with E-state index in [1.807, 2.05) is 6.07 Å². The molecule has 0 saturated carbocycles. The third kappa shape index (κ3) is 6.10. The maximum atomic E-state index is 13.6. The van der Waals surface area contributed by atoms with Crippen LogP contribution in [0.25, 0.3) is 0 Å². The van der Waals surface area contributed by atoms with E-state index in [9.17, 15) is 21.6 Å². The second kappa shape index (κ2) is 9.92. The molecule has 0 aliphatic carbocycles. The number of benzene rings is 1. The van der Waals surface area contributed by atoms with Crippen molar-refractivity contribution in [3.63, 3.8) is 0 Å². The molecule has 0 atom stereocenters. The second-order valence-electron chi connectivity index (χ2n) is 7.09. The van der Waals surface area contributed by atoms with E-state index < -0.39 is 27.6 Å². The molecular weight excluding hydrogens is 471 g/mol. The molecule has 2 heterocycles. The lowest BCUT2D eigenvalue weighted by Gasteiger charge is -2.16. The van der Waals surface area contributed by atoms with Gasteiger partial charge in [0, 0.05) is 30.2 Å². The molecule has 3 N–H and O–H groups in total. The van der Waals surface area contributed by atoms with Crippen LogP contribution in [0.3, 0.4) is 0 Å². The van der Waals surface area contributed by atoms with E-state index in [-0.39, 0.29) is 24.1 Å². The zero-order valence-corrected chi connectivity index (χ0v) is 18.9. The Morgan fingerprint density at radius 1 is 1.15 bits per heavy atom. The average Bonchev–Trinajstić information content (AvgIpc) is 2.79. The number of alkyl halides is 3. The molecule has 0 radical (unpaired) electrons. The molecule has 0 amide bonds. The quantitative estimate of drug-likeness (QED) is 0.427. The van der Waals surface area contributed by atoms with Gasteiger partial charge in [0.1, 0.15) is 17.2 Å². The summed E-state index contributed by atoms with van der Waals surface area (Å²) in [6, 6.07) is 9.87. The summed E-state index contributed by atoms with van der Waals surface area (Å²) in [7, 11) is -3.64. The molecule has 2 aromatic heterocycles. The van der Waals surface area contributed by atoms with Gasteiger partial charge in [-0.25, -0.2) is 18.4 Å². The van der Waals surface area contributed by atoms with Gasteiger partial charge in [-0.1, -0.05) is 12.1 Å². The Morgan fingerprint density at radius 3 is 2.59 bits per heavy atom. The van der Waals surface area contributed by atoms with Crippen molar-refractivity contribution in [3.05, 3.63) is 65.0 Å². The first-order valence-corrected chi connectivity index (χ1v) is 11.6. The Kier molecular flexibility index (Phi) is 7.21. The van der Waals surface area contributed by atoms with Gasteiger partial charge >= 0.3 is 6.18 Å². The number of nitrogens with zero attached hydrogens (tertiary/aromatic N) is 4. The van der Waals surface area contributed by atoms with Gasteiger partial charge in [-0.3, -0.25) is 4.72 Å². The summed E-state index contributed by atoms with van der Waals surface area (Å²) in [5.74, 6) is -0.817. The number of anilines is 4. The van der Waals surface area contributed by atoms with Crippen molar-refractivity contribution in [2.45, 2.75) is 26.6 Å². The first-order valence-electron chi connectivity index (χ1n) is 9.92. The van der Waals surface area contributed by atoms with E-state index >= 15 is 0 Å². The fourth-order valence-electron chi connectivity index (χ4n) is 2.80. The van der Waals surface area contributed by atoms with Crippen LogP contribution in [0.2, 0.25) is 0 Å². The number of nitrogens with one attached hydrogen (secondary N) is 3. The average molecular weight is 491 g/mol. The second-order valence-corrected chi connectivity index (χ2v) is 9.10. The third-order valence-corrected chi connectivity index (χ3v) is 5.94. The van der Waals surface area contributed by atoms with Crippen molar-refractivity contribution in [1.82, 2.24) is 15.0 Å². The molecule has 3 aromatic rings. The van der Waals surface area contributed by atoms with Crippen molar-refractivity contribution < 1.29 is 21.6 Å². The van der Waals surface area contributed by atoms with Crippen LogP contribution in [0.1, 0.15) is 29.2 Å². The normalized spacial score (nSPS) is 11.5.